The predicted molar refractivity (Wildman–Crippen MR) is 115 cm³/mol. The molecule has 158 valence electrons. The zero-order chi connectivity index (χ0) is 21.1. The smallest absolute Gasteiger partial charge is 0.254 e. The van der Waals surface area contributed by atoms with Crippen molar-refractivity contribution >= 4 is 17.2 Å². The Kier molecular flexibility index (Phi) is 6.06. The highest BCUT2D eigenvalue weighted by Crippen LogP contribution is 2.30. The van der Waals surface area contributed by atoms with Crippen molar-refractivity contribution < 1.29 is 18.7 Å². The van der Waals surface area contributed by atoms with Crippen molar-refractivity contribution in [2.45, 2.75) is 13.5 Å². The lowest BCUT2D eigenvalue weighted by Crippen LogP contribution is -2.48. The number of carbonyl (C=O) groups excluding carboxylic acids is 1. The Bertz CT molecular complexity index is 982. The standard InChI is InChI=1S/C22H25N3O4S/c1-15-19(27-2)11-16(12-20(15)28-3)22(26)25-8-6-24(7-9-25)13-17-14-30-21(23-17)18-5-4-10-29-18/h4-5,10-12,14H,6-9,13H2,1-3H3. The lowest BCUT2D eigenvalue weighted by atomic mass is 10.1. The van der Waals surface area contributed by atoms with E-state index < -0.39 is 0 Å². The summed E-state index contributed by atoms with van der Waals surface area (Å²) in [6.45, 7) is 5.64. The number of methoxy groups -OCH3 is 2. The summed E-state index contributed by atoms with van der Waals surface area (Å²) < 4.78 is 16.2. The monoisotopic (exact) mass is 427 g/mol. The van der Waals surface area contributed by atoms with Gasteiger partial charge in [0.2, 0.25) is 0 Å². The molecule has 30 heavy (non-hydrogen) atoms. The average molecular weight is 428 g/mol. The van der Waals surface area contributed by atoms with Crippen LogP contribution >= 0.6 is 11.3 Å². The minimum atomic E-state index is 0.0000129. The van der Waals surface area contributed by atoms with Crippen LogP contribution in [0.15, 0.2) is 40.3 Å². The Hall–Kier alpha value is -2.84. The molecule has 0 saturated carbocycles. The number of thiazole rings is 1. The fourth-order valence-corrected chi connectivity index (χ4v) is 4.40. The van der Waals surface area contributed by atoms with Crippen molar-refractivity contribution in [3.8, 4) is 22.3 Å². The highest BCUT2D eigenvalue weighted by molar-refractivity contribution is 7.13. The van der Waals surface area contributed by atoms with Crippen LogP contribution in [-0.4, -0.2) is 61.1 Å². The third kappa shape index (κ3) is 4.20. The van der Waals surface area contributed by atoms with Gasteiger partial charge < -0.3 is 18.8 Å². The van der Waals surface area contributed by atoms with Crippen LogP contribution in [0.25, 0.3) is 10.8 Å². The van der Waals surface area contributed by atoms with E-state index in [9.17, 15) is 4.79 Å². The molecule has 0 bridgehead atoms. The molecule has 1 aromatic carbocycles. The number of amides is 1. The van der Waals surface area contributed by atoms with Gasteiger partial charge in [-0.3, -0.25) is 9.69 Å². The first-order valence-corrected chi connectivity index (χ1v) is 10.7. The molecule has 0 unspecified atom stereocenters. The third-order valence-electron chi connectivity index (χ3n) is 5.33. The van der Waals surface area contributed by atoms with E-state index in [0.717, 1.165) is 41.7 Å². The van der Waals surface area contributed by atoms with Gasteiger partial charge in [-0.25, -0.2) is 4.98 Å². The third-order valence-corrected chi connectivity index (χ3v) is 6.23. The molecular weight excluding hydrogens is 402 g/mol. The molecule has 8 heteroatoms. The van der Waals surface area contributed by atoms with Crippen molar-refractivity contribution in [2.24, 2.45) is 0 Å². The summed E-state index contributed by atoms with van der Waals surface area (Å²) >= 11 is 1.59. The maximum absolute atomic E-state index is 13.0. The van der Waals surface area contributed by atoms with Crippen molar-refractivity contribution in [2.75, 3.05) is 40.4 Å². The van der Waals surface area contributed by atoms with Crippen LogP contribution in [0.5, 0.6) is 11.5 Å². The van der Waals surface area contributed by atoms with Crippen LogP contribution in [0, 0.1) is 6.92 Å². The number of carbonyl (C=O) groups is 1. The van der Waals surface area contributed by atoms with Crippen LogP contribution in [0.4, 0.5) is 0 Å². The van der Waals surface area contributed by atoms with E-state index in [1.54, 1.807) is 44.0 Å². The molecule has 1 aliphatic rings. The molecule has 1 aliphatic heterocycles. The van der Waals surface area contributed by atoms with E-state index >= 15 is 0 Å². The summed E-state index contributed by atoms with van der Waals surface area (Å²) in [6.07, 6.45) is 1.66. The van der Waals surface area contributed by atoms with Crippen LogP contribution in [0.2, 0.25) is 0 Å². The van der Waals surface area contributed by atoms with Crippen molar-refractivity contribution in [3.05, 3.63) is 52.7 Å². The molecule has 3 aromatic rings. The van der Waals surface area contributed by atoms with Crippen LogP contribution in [-0.2, 0) is 6.54 Å². The summed E-state index contributed by atoms with van der Waals surface area (Å²) in [7, 11) is 3.20. The first-order chi connectivity index (χ1) is 14.6. The van der Waals surface area contributed by atoms with Crippen molar-refractivity contribution in [3.63, 3.8) is 0 Å². The van der Waals surface area contributed by atoms with Gasteiger partial charge in [0.25, 0.3) is 5.91 Å². The van der Waals surface area contributed by atoms with Gasteiger partial charge in [0.05, 0.1) is 26.2 Å². The summed E-state index contributed by atoms with van der Waals surface area (Å²) in [5.74, 6) is 2.12. The van der Waals surface area contributed by atoms with Crippen molar-refractivity contribution in [1.82, 2.24) is 14.8 Å². The molecule has 0 N–H and O–H groups in total. The molecule has 0 atom stereocenters. The normalized spacial score (nSPS) is 14.7. The molecule has 0 aliphatic carbocycles. The average Bonchev–Trinajstić information content (AvgIpc) is 3.46. The van der Waals surface area contributed by atoms with Gasteiger partial charge in [0.15, 0.2) is 10.8 Å². The van der Waals surface area contributed by atoms with E-state index in [1.165, 1.54) is 0 Å². The maximum atomic E-state index is 13.0. The van der Waals surface area contributed by atoms with E-state index in [1.807, 2.05) is 24.0 Å². The van der Waals surface area contributed by atoms with Crippen LogP contribution < -0.4 is 9.47 Å². The number of hydrogen-bond donors (Lipinski definition) is 0. The summed E-state index contributed by atoms with van der Waals surface area (Å²) in [4.78, 5) is 21.9. The van der Waals surface area contributed by atoms with E-state index in [0.29, 0.717) is 30.2 Å². The van der Waals surface area contributed by atoms with Gasteiger partial charge in [-0.1, -0.05) is 0 Å². The molecular formula is C22H25N3O4S. The Morgan fingerprint density at radius 1 is 1.17 bits per heavy atom. The molecule has 7 nitrogen and oxygen atoms in total. The molecule has 0 spiro atoms. The molecule has 2 aromatic heterocycles. The molecule has 0 radical (unpaired) electrons. The first-order valence-electron chi connectivity index (χ1n) is 9.81. The van der Waals surface area contributed by atoms with E-state index in [-0.39, 0.29) is 5.91 Å². The summed E-state index contributed by atoms with van der Waals surface area (Å²) in [5.41, 5.74) is 2.50. The number of aromatic nitrogens is 1. The summed E-state index contributed by atoms with van der Waals surface area (Å²) in [6, 6.07) is 7.37. The maximum Gasteiger partial charge on any atom is 0.254 e. The molecule has 1 saturated heterocycles. The Labute approximate surface area is 179 Å². The molecule has 3 heterocycles. The Morgan fingerprint density at radius 2 is 1.87 bits per heavy atom. The van der Waals surface area contributed by atoms with Gasteiger partial charge in [-0.05, 0) is 31.2 Å². The lowest BCUT2D eigenvalue weighted by Gasteiger charge is -2.34. The number of benzene rings is 1. The second-order valence-corrected chi connectivity index (χ2v) is 8.05. The fourth-order valence-electron chi connectivity index (χ4n) is 3.62. The minimum Gasteiger partial charge on any atom is -0.496 e. The highest BCUT2D eigenvalue weighted by Gasteiger charge is 2.24. The largest absolute Gasteiger partial charge is 0.496 e. The number of rotatable bonds is 6. The van der Waals surface area contributed by atoms with Gasteiger partial charge >= 0.3 is 0 Å². The summed E-state index contributed by atoms with van der Waals surface area (Å²) in [5, 5.41) is 2.96. The van der Waals surface area contributed by atoms with Gasteiger partial charge in [-0.2, -0.15) is 0 Å². The Morgan fingerprint density at radius 3 is 2.47 bits per heavy atom. The van der Waals surface area contributed by atoms with Gasteiger partial charge in [0, 0.05) is 49.2 Å². The second kappa shape index (κ2) is 8.89. The van der Waals surface area contributed by atoms with Crippen LogP contribution in [0.3, 0.4) is 0 Å². The first kappa shape index (κ1) is 20.4. The highest BCUT2D eigenvalue weighted by atomic mass is 32.1. The van der Waals surface area contributed by atoms with Gasteiger partial charge in [-0.15, -0.1) is 11.3 Å². The lowest BCUT2D eigenvalue weighted by molar-refractivity contribution is 0.0626. The zero-order valence-corrected chi connectivity index (χ0v) is 18.2. The second-order valence-electron chi connectivity index (χ2n) is 7.20. The van der Waals surface area contributed by atoms with Crippen molar-refractivity contribution in [1.29, 1.82) is 0 Å². The zero-order valence-electron chi connectivity index (χ0n) is 17.4. The number of piperazine rings is 1. The minimum absolute atomic E-state index is 0.0000129. The molecule has 4 rings (SSSR count). The Balaban J connectivity index is 1.37. The quantitative estimate of drug-likeness (QED) is 0.598. The topological polar surface area (TPSA) is 68.0 Å². The van der Waals surface area contributed by atoms with E-state index in [4.69, 9.17) is 13.9 Å². The van der Waals surface area contributed by atoms with Gasteiger partial charge in [0.1, 0.15) is 11.5 Å². The predicted octanol–water partition coefficient (Wildman–Crippen LogP) is 3.69. The fraction of sp³-hybridized carbons (Fsp3) is 0.364. The number of furan rings is 1. The van der Waals surface area contributed by atoms with Crippen LogP contribution in [0.1, 0.15) is 21.6 Å². The SMILES string of the molecule is COc1cc(C(=O)N2CCN(Cc3csc(-c4ccco4)n3)CC2)cc(OC)c1C. The van der Waals surface area contributed by atoms with E-state index in [2.05, 4.69) is 15.3 Å². The molecule has 1 fully saturated rings. The number of hydrogen-bond acceptors (Lipinski definition) is 7. The number of nitrogens with zero attached hydrogens (tertiary/aromatic N) is 3. The number of ether oxygens (including phenoxy) is 2. The molecule has 1 amide bonds.